The van der Waals surface area contributed by atoms with Gasteiger partial charge in [0.1, 0.15) is 12.6 Å². The van der Waals surface area contributed by atoms with Crippen molar-refractivity contribution in [2.24, 2.45) is 0 Å². The van der Waals surface area contributed by atoms with E-state index in [1.165, 1.54) is 17.0 Å². The van der Waals surface area contributed by atoms with Gasteiger partial charge in [0.15, 0.2) is 0 Å². The smallest absolute Gasteiger partial charge is 0.264 e. The molecule has 2 amide bonds. The number of halogens is 2. The van der Waals surface area contributed by atoms with E-state index in [1.807, 2.05) is 75.4 Å². The molecule has 44 heavy (non-hydrogen) atoms. The van der Waals surface area contributed by atoms with Crippen LogP contribution in [-0.4, -0.2) is 44.3 Å². The van der Waals surface area contributed by atoms with E-state index in [1.54, 1.807) is 30.3 Å². The zero-order valence-corrected chi connectivity index (χ0v) is 28.0. The minimum Gasteiger partial charge on any atom is -0.355 e. The lowest BCUT2D eigenvalue weighted by atomic mass is 10.0. The van der Waals surface area contributed by atoms with Crippen LogP contribution in [0, 0.1) is 13.8 Å². The maximum atomic E-state index is 14.4. The van der Waals surface area contributed by atoms with Crippen molar-refractivity contribution in [3.8, 4) is 0 Å². The highest BCUT2D eigenvalue weighted by atomic mass is 79.9. The number of hydrogen-bond acceptors (Lipinski definition) is 4. The fourth-order valence-corrected chi connectivity index (χ4v) is 6.58. The van der Waals surface area contributed by atoms with Gasteiger partial charge < -0.3 is 10.2 Å². The predicted octanol–water partition coefficient (Wildman–Crippen LogP) is 6.69. The molecule has 0 spiro atoms. The third-order valence-corrected chi connectivity index (χ3v) is 9.94. The van der Waals surface area contributed by atoms with E-state index < -0.39 is 28.5 Å². The van der Waals surface area contributed by atoms with E-state index in [9.17, 15) is 18.0 Å². The largest absolute Gasteiger partial charge is 0.355 e. The van der Waals surface area contributed by atoms with E-state index in [2.05, 4.69) is 21.2 Å². The van der Waals surface area contributed by atoms with Gasteiger partial charge in [-0.25, -0.2) is 8.42 Å². The lowest BCUT2D eigenvalue weighted by Gasteiger charge is -2.34. The number of anilines is 1. The Bertz CT molecular complexity index is 1700. The molecule has 7 nitrogen and oxygen atoms in total. The number of nitrogens with one attached hydrogen (secondary N) is 1. The molecule has 1 atom stereocenters. The van der Waals surface area contributed by atoms with Crippen molar-refractivity contribution in [3.63, 3.8) is 0 Å². The summed E-state index contributed by atoms with van der Waals surface area (Å²) in [6.45, 7) is 5.42. The summed E-state index contributed by atoms with van der Waals surface area (Å²) in [4.78, 5) is 29.5. The molecule has 0 bridgehead atoms. The van der Waals surface area contributed by atoms with Crippen LogP contribution in [0.5, 0.6) is 0 Å². The first-order chi connectivity index (χ1) is 21.0. The fraction of sp³-hybridized carbons (Fsp3) is 0.235. The molecule has 1 N–H and O–H groups in total. The third kappa shape index (κ3) is 8.28. The standard InChI is InChI=1S/C34H35BrClN3O4S/c1-4-37-34(41)32(20-26-8-6-5-7-9-26)38(22-27-13-15-28(35)16-14-27)33(40)23-39(29-17-12-25(3)31(36)21-29)44(42,43)30-18-10-24(2)11-19-30/h5-19,21,32H,4,20,22-23H2,1-3H3,(H,37,41)/t32-/m1/s1. The van der Waals surface area contributed by atoms with Gasteiger partial charge in [0.2, 0.25) is 11.8 Å². The Hall–Kier alpha value is -3.66. The molecule has 0 saturated heterocycles. The third-order valence-electron chi connectivity index (χ3n) is 7.22. The lowest BCUT2D eigenvalue weighted by molar-refractivity contribution is -0.140. The van der Waals surface area contributed by atoms with Gasteiger partial charge in [-0.15, -0.1) is 0 Å². The van der Waals surface area contributed by atoms with Crippen LogP contribution < -0.4 is 9.62 Å². The van der Waals surface area contributed by atoms with Gasteiger partial charge in [0, 0.05) is 29.0 Å². The van der Waals surface area contributed by atoms with Gasteiger partial charge in [-0.2, -0.15) is 0 Å². The van der Waals surface area contributed by atoms with Crippen LogP contribution >= 0.6 is 27.5 Å². The van der Waals surface area contributed by atoms with Crippen molar-refractivity contribution in [3.05, 3.63) is 129 Å². The van der Waals surface area contributed by atoms with Gasteiger partial charge in [-0.3, -0.25) is 13.9 Å². The maximum absolute atomic E-state index is 14.4. The quantitative estimate of drug-likeness (QED) is 0.179. The molecule has 0 aromatic heterocycles. The second-order valence-electron chi connectivity index (χ2n) is 10.5. The van der Waals surface area contributed by atoms with Crippen molar-refractivity contribution < 1.29 is 18.0 Å². The fourth-order valence-electron chi connectivity index (χ4n) is 4.74. The van der Waals surface area contributed by atoms with E-state index in [0.29, 0.717) is 11.6 Å². The van der Waals surface area contributed by atoms with Gasteiger partial charge in [-0.05, 0) is 73.9 Å². The van der Waals surface area contributed by atoms with Crippen molar-refractivity contribution in [2.45, 2.75) is 44.7 Å². The molecule has 0 aliphatic carbocycles. The summed E-state index contributed by atoms with van der Waals surface area (Å²) in [6.07, 6.45) is 0.246. The highest BCUT2D eigenvalue weighted by Gasteiger charge is 2.34. The van der Waals surface area contributed by atoms with Crippen LogP contribution in [0.25, 0.3) is 0 Å². The van der Waals surface area contributed by atoms with Crippen LogP contribution in [0.4, 0.5) is 5.69 Å². The number of sulfonamides is 1. The Kier molecular flexibility index (Phi) is 11.2. The lowest BCUT2D eigenvalue weighted by Crippen LogP contribution is -2.53. The molecule has 4 rings (SSSR count). The molecule has 0 saturated carbocycles. The molecule has 10 heteroatoms. The number of amides is 2. The minimum absolute atomic E-state index is 0.0385. The number of rotatable bonds is 12. The predicted molar refractivity (Wildman–Crippen MR) is 179 cm³/mol. The molecule has 0 heterocycles. The second kappa shape index (κ2) is 14.9. The van der Waals surface area contributed by atoms with Crippen LogP contribution in [0.1, 0.15) is 29.2 Å². The highest BCUT2D eigenvalue weighted by Crippen LogP contribution is 2.29. The van der Waals surface area contributed by atoms with Gasteiger partial charge in [-0.1, -0.05) is 93.8 Å². The van der Waals surface area contributed by atoms with Crippen LogP contribution in [-0.2, 0) is 32.6 Å². The van der Waals surface area contributed by atoms with Crippen molar-refractivity contribution in [1.82, 2.24) is 10.2 Å². The molecule has 4 aromatic carbocycles. The molecule has 4 aromatic rings. The first kappa shape index (κ1) is 33.2. The number of hydrogen-bond donors (Lipinski definition) is 1. The van der Waals surface area contributed by atoms with Gasteiger partial charge in [0.25, 0.3) is 10.0 Å². The number of nitrogens with zero attached hydrogens (tertiary/aromatic N) is 2. The molecule has 0 fully saturated rings. The minimum atomic E-state index is -4.20. The summed E-state index contributed by atoms with van der Waals surface area (Å²) in [7, 11) is -4.20. The first-order valence-corrected chi connectivity index (χ1v) is 16.8. The van der Waals surface area contributed by atoms with Crippen molar-refractivity contribution in [1.29, 1.82) is 0 Å². The topological polar surface area (TPSA) is 86.8 Å². The molecular weight excluding hydrogens is 662 g/mol. The zero-order chi connectivity index (χ0) is 31.9. The summed E-state index contributed by atoms with van der Waals surface area (Å²) in [5, 5.41) is 3.24. The Morgan fingerprint density at radius 1 is 0.886 bits per heavy atom. The number of likely N-dealkylation sites (N-methyl/N-ethyl adjacent to an activating group) is 1. The van der Waals surface area contributed by atoms with Crippen LogP contribution in [0.15, 0.2) is 106 Å². The Labute approximate surface area is 273 Å². The van der Waals surface area contributed by atoms with Crippen LogP contribution in [0.3, 0.4) is 0 Å². The summed E-state index contributed by atoms with van der Waals surface area (Å²) >= 11 is 9.88. The number of carbonyl (C=O) groups excluding carboxylic acids is 2. The maximum Gasteiger partial charge on any atom is 0.264 e. The average Bonchev–Trinajstić information content (AvgIpc) is 3.00. The molecule has 0 aliphatic rings. The molecule has 0 radical (unpaired) electrons. The monoisotopic (exact) mass is 695 g/mol. The van der Waals surface area contributed by atoms with Crippen LogP contribution in [0.2, 0.25) is 5.02 Å². The SMILES string of the molecule is CCNC(=O)[C@@H](Cc1ccccc1)N(Cc1ccc(Br)cc1)C(=O)CN(c1ccc(C)c(Cl)c1)S(=O)(=O)c1ccc(C)cc1. The Balaban J connectivity index is 1.81. The number of benzene rings is 4. The number of aryl methyl sites for hydroxylation is 2. The van der Waals surface area contributed by atoms with Gasteiger partial charge in [0.05, 0.1) is 10.6 Å². The van der Waals surface area contributed by atoms with Crippen molar-refractivity contribution in [2.75, 3.05) is 17.4 Å². The average molecular weight is 697 g/mol. The van der Waals surface area contributed by atoms with E-state index in [0.717, 1.165) is 31.0 Å². The van der Waals surface area contributed by atoms with Crippen molar-refractivity contribution >= 4 is 55.1 Å². The summed E-state index contributed by atoms with van der Waals surface area (Å²) in [5.41, 5.74) is 3.57. The zero-order valence-electron chi connectivity index (χ0n) is 24.8. The summed E-state index contributed by atoms with van der Waals surface area (Å²) < 4.78 is 30.2. The Morgan fingerprint density at radius 3 is 2.16 bits per heavy atom. The van der Waals surface area contributed by atoms with E-state index >= 15 is 0 Å². The summed E-state index contributed by atoms with van der Waals surface area (Å²) in [6, 6.07) is 27.3. The molecule has 230 valence electrons. The summed E-state index contributed by atoms with van der Waals surface area (Å²) in [5.74, 6) is -0.861. The van der Waals surface area contributed by atoms with Gasteiger partial charge >= 0.3 is 0 Å². The molecule has 0 unspecified atom stereocenters. The normalized spacial score (nSPS) is 11.9. The molecule has 0 aliphatic heterocycles. The highest BCUT2D eigenvalue weighted by molar-refractivity contribution is 9.10. The second-order valence-corrected chi connectivity index (χ2v) is 13.7. The first-order valence-electron chi connectivity index (χ1n) is 14.2. The molecular formula is C34H35BrClN3O4S. The number of carbonyl (C=O) groups is 2. The Morgan fingerprint density at radius 2 is 1.55 bits per heavy atom. The van der Waals surface area contributed by atoms with E-state index in [-0.39, 0.29) is 29.5 Å². The van der Waals surface area contributed by atoms with E-state index in [4.69, 9.17) is 11.6 Å².